The minimum Gasteiger partial charge on any atom is -0.345 e. The number of ketones is 1. The zero-order valence-electron chi connectivity index (χ0n) is 15.7. The molecule has 2 aromatic rings. The van der Waals surface area contributed by atoms with Crippen LogP contribution in [0.5, 0.6) is 0 Å². The van der Waals surface area contributed by atoms with Gasteiger partial charge >= 0.3 is 0 Å². The summed E-state index contributed by atoms with van der Waals surface area (Å²) in [6, 6.07) is 16.7. The Bertz CT molecular complexity index is 707. The molecule has 0 atom stereocenters. The standard InChI is InChI=1S/C22H28N2O2/c1-3-13-24(14-4-2)17-18-9-8-12-20(15-18)22(26)23-16-21(25)19-10-6-5-7-11-19/h5-12,15H,3-4,13-14,16-17H2,1-2H3,(H,23,26). The van der Waals surface area contributed by atoms with Gasteiger partial charge in [-0.3, -0.25) is 14.5 Å². The number of Topliss-reactive ketones (excluding diaryl/α,β-unsaturated/α-hetero) is 1. The van der Waals surface area contributed by atoms with Gasteiger partial charge in [0.15, 0.2) is 5.78 Å². The van der Waals surface area contributed by atoms with Crippen LogP contribution in [0.2, 0.25) is 0 Å². The molecule has 2 aromatic carbocycles. The third kappa shape index (κ3) is 6.12. The lowest BCUT2D eigenvalue weighted by atomic mass is 10.1. The molecule has 26 heavy (non-hydrogen) atoms. The van der Waals surface area contributed by atoms with Crippen molar-refractivity contribution in [2.75, 3.05) is 19.6 Å². The van der Waals surface area contributed by atoms with Crippen molar-refractivity contribution in [2.45, 2.75) is 33.2 Å². The van der Waals surface area contributed by atoms with Gasteiger partial charge in [-0.2, -0.15) is 0 Å². The average molecular weight is 352 g/mol. The molecule has 0 aliphatic carbocycles. The summed E-state index contributed by atoms with van der Waals surface area (Å²) in [5, 5.41) is 2.73. The van der Waals surface area contributed by atoms with Gasteiger partial charge in [-0.1, -0.05) is 56.3 Å². The van der Waals surface area contributed by atoms with E-state index in [1.165, 1.54) is 0 Å². The van der Waals surface area contributed by atoms with E-state index in [9.17, 15) is 9.59 Å². The van der Waals surface area contributed by atoms with Crippen LogP contribution in [0.15, 0.2) is 54.6 Å². The van der Waals surface area contributed by atoms with Gasteiger partial charge in [0.2, 0.25) is 0 Å². The smallest absolute Gasteiger partial charge is 0.251 e. The fraction of sp³-hybridized carbons (Fsp3) is 0.364. The molecule has 0 unspecified atom stereocenters. The van der Waals surface area contributed by atoms with E-state index in [2.05, 4.69) is 24.1 Å². The molecule has 1 N–H and O–H groups in total. The molecule has 0 spiro atoms. The largest absolute Gasteiger partial charge is 0.345 e. The fourth-order valence-electron chi connectivity index (χ4n) is 2.96. The SMILES string of the molecule is CCCN(CCC)Cc1cccc(C(=O)NCC(=O)c2ccccc2)c1. The summed E-state index contributed by atoms with van der Waals surface area (Å²) in [5.41, 5.74) is 2.32. The summed E-state index contributed by atoms with van der Waals surface area (Å²) in [7, 11) is 0. The normalized spacial score (nSPS) is 10.7. The number of nitrogens with zero attached hydrogens (tertiary/aromatic N) is 1. The number of benzene rings is 2. The quantitative estimate of drug-likeness (QED) is 0.659. The second-order valence-corrected chi connectivity index (χ2v) is 6.45. The van der Waals surface area contributed by atoms with E-state index in [-0.39, 0.29) is 18.2 Å². The minimum atomic E-state index is -0.214. The summed E-state index contributed by atoms with van der Waals surface area (Å²) in [6.07, 6.45) is 2.23. The van der Waals surface area contributed by atoms with Gasteiger partial charge in [0.05, 0.1) is 6.54 Å². The highest BCUT2D eigenvalue weighted by atomic mass is 16.2. The molecule has 4 heteroatoms. The molecule has 0 radical (unpaired) electrons. The molecule has 2 rings (SSSR count). The van der Waals surface area contributed by atoms with Crippen LogP contribution in [-0.4, -0.2) is 36.2 Å². The monoisotopic (exact) mass is 352 g/mol. The second-order valence-electron chi connectivity index (χ2n) is 6.45. The summed E-state index contributed by atoms with van der Waals surface area (Å²) < 4.78 is 0. The molecule has 4 nitrogen and oxygen atoms in total. The first-order chi connectivity index (χ1) is 12.6. The van der Waals surface area contributed by atoms with E-state index in [0.717, 1.165) is 38.0 Å². The van der Waals surface area contributed by atoms with Gasteiger partial charge < -0.3 is 5.32 Å². The first-order valence-corrected chi connectivity index (χ1v) is 9.31. The van der Waals surface area contributed by atoms with E-state index >= 15 is 0 Å². The molecule has 0 saturated heterocycles. The zero-order chi connectivity index (χ0) is 18.8. The Hall–Kier alpha value is -2.46. The summed E-state index contributed by atoms with van der Waals surface area (Å²) in [5.74, 6) is -0.305. The number of hydrogen-bond acceptors (Lipinski definition) is 3. The van der Waals surface area contributed by atoms with Gasteiger partial charge in [0.25, 0.3) is 5.91 Å². The number of rotatable bonds is 10. The van der Waals surface area contributed by atoms with Crippen molar-refractivity contribution in [1.29, 1.82) is 0 Å². The molecule has 0 bridgehead atoms. The van der Waals surface area contributed by atoms with Crippen LogP contribution >= 0.6 is 0 Å². The Morgan fingerprint density at radius 1 is 0.885 bits per heavy atom. The van der Waals surface area contributed by atoms with Gasteiger partial charge in [0, 0.05) is 17.7 Å². The Kier molecular flexibility index (Phi) is 8.03. The molecule has 0 saturated carbocycles. The fourth-order valence-corrected chi connectivity index (χ4v) is 2.96. The van der Waals surface area contributed by atoms with Crippen molar-refractivity contribution < 1.29 is 9.59 Å². The van der Waals surface area contributed by atoms with Crippen LogP contribution in [0.25, 0.3) is 0 Å². The summed E-state index contributed by atoms with van der Waals surface area (Å²) >= 11 is 0. The maximum atomic E-state index is 12.4. The first kappa shape index (κ1) is 19.9. The van der Waals surface area contributed by atoms with Crippen molar-refractivity contribution >= 4 is 11.7 Å². The predicted octanol–water partition coefficient (Wildman–Crippen LogP) is 3.92. The average Bonchev–Trinajstić information content (AvgIpc) is 2.67. The first-order valence-electron chi connectivity index (χ1n) is 9.31. The number of carbonyl (C=O) groups is 2. The lowest BCUT2D eigenvalue weighted by molar-refractivity contribution is 0.0904. The molecular formula is C22H28N2O2. The number of carbonyl (C=O) groups excluding carboxylic acids is 2. The van der Waals surface area contributed by atoms with Gasteiger partial charge in [-0.05, 0) is 43.6 Å². The van der Waals surface area contributed by atoms with Crippen molar-refractivity contribution in [3.05, 3.63) is 71.3 Å². The third-order valence-corrected chi connectivity index (χ3v) is 4.18. The highest BCUT2D eigenvalue weighted by Crippen LogP contribution is 2.10. The molecule has 0 aliphatic heterocycles. The number of hydrogen-bond donors (Lipinski definition) is 1. The molecular weight excluding hydrogens is 324 g/mol. The Morgan fingerprint density at radius 2 is 1.54 bits per heavy atom. The van der Waals surface area contributed by atoms with Crippen LogP contribution < -0.4 is 5.32 Å². The van der Waals surface area contributed by atoms with Crippen LogP contribution in [0, 0.1) is 0 Å². The molecule has 138 valence electrons. The number of amides is 1. The predicted molar refractivity (Wildman–Crippen MR) is 105 cm³/mol. The highest BCUT2D eigenvalue weighted by Gasteiger charge is 2.11. The van der Waals surface area contributed by atoms with Gasteiger partial charge in [-0.15, -0.1) is 0 Å². The molecule has 0 aliphatic rings. The summed E-state index contributed by atoms with van der Waals surface area (Å²) in [4.78, 5) is 26.9. The van der Waals surface area contributed by atoms with Crippen LogP contribution in [0.3, 0.4) is 0 Å². The van der Waals surface area contributed by atoms with Crippen LogP contribution in [0.4, 0.5) is 0 Å². The van der Waals surface area contributed by atoms with Crippen molar-refractivity contribution in [2.24, 2.45) is 0 Å². The van der Waals surface area contributed by atoms with Crippen LogP contribution in [-0.2, 0) is 6.54 Å². The topological polar surface area (TPSA) is 49.4 Å². The minimum absolute atomic E-state index is 0.00483. The Balaban J connectivity index is 1.95. The Morgan fingerprint density at radius 3 is 2.19 bits per heavy atom. The summed E-state index contributed by atoms with van der Waals surface area (Å²) in [6.45, 7) is 7.30. The Labute approximate surface area is 156 Å². The van der Waals surface area contributed by atoms with E-state index in [0.29, 0.717) is 11.1 Å². The van der Waals surface area contributed by atoms with Crippen molar-refractivity contribution in [3.8, 4) is 0 Å². The van der Waals surface area contributed by atoms with Gasteiger partial charge in [-0.25, -0.2) is 0 Å². The lowest BCUT2D eigenvalue weighted by Crippen LogP contribution is -2.30. The molecule has 0 aromatic heterocycles. The molecule has 0 fully saturated rings. The van der Waals surface area contributed by atoms with Crippen LogP contribution in [0.1, 0.15) is 53.0 Å². The van der Waals surface area contributed by atoms with Crippen molar-refractivity contribution in [3.63, 3.8) is 0 Å². The third-order valence-electron chi connectivity index (χ3n) is 4.18. The second kappa shape index (κ2) is 10.5. The lowest BCUT2D eigenvalue weighted by Gasteiger charge is -2.21. The van der Waals surface area contributed by atoms with Gasteiger partial charge in [0.1, 0.15) is 0 Å². The van der Waals surface area contributed by atoms with E-state index in [1.54, 1.807) is 18.2 Å². The molecule has 0 heterocycles. The zero-order valence-corrected chi connectivity index (χ0v) is 15.7. The molecule has 1 amide bonds. The van der Waals surface area contributed by atoms with E-state index in [4.69, 9.17) is 0 Å². The van der Waals surface area contributed by atoms with E-state index < -0.39 is 0 Å². The maximum absolute atomic E-state index is 12.4. The van der Waals surface area contributed by atoms with Crippen molar-refractivity contribution in [1.82, 2.24) is 10.2 Å². The number of nitrogens with one attached hydrogen (secondary N) is 1. The highest BCUT2D eigenvalue weighted by molar-refractivity contribution is 6.02. The van der Waals surface area contributed by atoms with E-state index in [1.807, 2.05) is 36.4 Å². The maximum Gasteiger partial charge on any atom is 0.251 e.